The Labute approximate surface area is 142 Å². The summed E-state index contributed by atoms with van der Waals surface area (Å²) >= 11 is 0. The Bertz CT molecular complexity index is 140. The Morgan fingerprint density at radius 1 is 0.409 bits per heavy atom. The highest BCUT2D eigenvalue weighted by molar-refractivity contribution is 4.49. The highest BCUT2D eigenvalue weighted by Crippen LogP contribution is 2.13. The second-order valence-corrected chi connectivity index (χ2v) is 6.73. The second-order valence-electron chi connectivity index (χ2n) is 6.73. The van der Waals surface area contributed by atoms with E-state index >= 15 is 0 Å². The summed E-state index contributed by atoms with van der Waals surface area (Å²) in [5.41, 5.74) is 0. The molecule has 0 rings (SSSR count). The summed E-state index contributed by atoms with van der Waals surface area (Å²) in [6.07, 6.45) is 23.4. The van der Waals surface area contributed by atoms with E-state index in [9.17, 15) is 0 Å². The molecule has 0 radical (unpaired) electrons. The van der Waals surface area contributed by atoms with E-state index in [2.05, 4.69) is 20.8 Å². The molecule has 0 saturated heterocycles. The van der Waals surface area contributed by atoms with Gasteiger partial charge in [-0.1, -0.05) is 124 Å². The van der Waals surface area contributed by atoms with E-state index in [1.165, 1.54) is 103 Å². The summed E-state index contributed by atoms with van der Waals surface area (Å²) in [7, 11) is 0. The van der Waals surface area contributed by atoms with Gasteiger partial charge >= 0.3 is 0 Å². The summed E-state index contributed by atoms with van der Waals surface area (Å²) in [6, 6.07) is 0. The van der Waals surface area contributed by atoms with Crippen molar-refractivity contribution in [2.24, 2.45) is 0 Å². The van der Waals surface area contributed by atoms with Crippen LogP contribution in [0.25, 0.3) is 0 Å². The predicted octanol–water partition coefficient (Wildman–Crippen LogP) is 7.66. The zero-order valence-electron chi connectivity index (χ0n) is 16.2. The molecule has 1 nitrogen and oxygen atoms in total. The molecule has 0 aliphatic carbocycles. The molecule has 0 aromatic heterocycles. The summed E-state index contributed by atoms with van der Waals surface area (Å²) < 4.78 is 0. The first-order valence-corrected chi connectivity index (χ1v) is 10.4. The highest BCUT2D eigenvalue weighted by Gasteiger charge is 1.94. The van der Waals surface area contributed by atoms with Crippen molar-refractivity contribution in [1.82, 2.24) is 0 Å². The minimum Gasteiger partial charge on any atom is -0.396 e. The molecule has 0 aromatic rings. The molecule has 136 valence electrons. The van der Waals surface area contributed by atoms with Gasteiger partial charge < -0.3 is 5.11 Å². The van der Waals surface area contributed by atoms with Crippen LogP contribution < -0.4 is 0 Å². The molecule has 0 aromatic carbocycles. The van der Waals surface area contributed by atoms with Gasteiger partial charge in [-0.2, -0.15) is 0 Å². The van der Waals surface area contributed by atoms with Crippen molar-refractivity contribution < 1.29 is 5.11 Å². The van der Waals surface area contributed by atoms with Crippen LogP contribution in [0.1, 0.15) is 130 Å². The van der Waals surface area contributed by atoms with E-state index < -0.39 is 0 Å². The number of unbranched alkanes of at least 4 members (excludes halogenated alkanes) is 15. The molecule has 1 heteroatoms. The fraction of sp³-hybridized carbons (Fsp3) is 1.00. The van der Waals surface area contributed by atoms with Crippen molar-refractivity contribution in [1.29, 1.82) is 0 Å². The maximum absolute atomic E-state index is 8.67. The minimum atomic E-state index is 0.373. The SMILES string of the molecule is CCC.CCCCCCCCCCCCCCCCCCO. The van der Waals surface area contributed by atoms with Crippen LogP contribution in [0.4, 0.5) is 0 Å². The van der Waals surface area contributed by atoms with Gasteiger partial charge in [-0.05, 0) is 6.42 Å². The summed E-state index contributed by atoms with van der Waals surface area (Å²) in [6.45, 7) is 6.91. The molecule has 0 fully saturated rings. The first-order chi connectivity index (χ1) is 10.8. The molecule has 0 atom stereocenters. The monoisotopic (exact) mass is 314 g/mol. The summed E-state index contributed by atoms with van der Waals surface area (Å²) in [4.78, 5) is 0. The van der Waals surface area contributed by atoms with Crippen molar-refractivity contribution in [3.8, 4) is 0 Å². The summed E-state index contributed by atoms with van der Waals surface area (Å²) in [5.74, 6) is 0. The normalized spacial score (nSPS) is 10.4. The van der Waals surface area contributed by atoms with Crippen LogP contribution in [0.3, 0.4) is 0 Å². The maximum Gasteiger partial charge on any atom is 0.0431 e. The van der Waals surface area contributed by atoms with Gasteiger partial charge in [0, 0.05) is 6.61 Å². The summed E-state index contributed by atoms with van der Waals surface area (Å²) in [5, 5.41) is 8.67. The molecule has 0 spiro atoms. The third-order valence-corrected chi connectivity index (χ3v) is 4.01. The molecular formula is C21H46O. The first kappa shape index (κ1) is 24.2. The minimum absolute atomic E-state index is 0.373. The second kappa shape index (κ2) is 25.9. The molecule has 0 amide bonds. The van der Waals surface area contributed by atoms with Crippen LogP contribution in [0.5, 0.6) is 0 Å². The Balaban J connectivity index is 0. The molecule has 22 heavy (non-hydrogen) atoms. The van der Waals surface area contributed by atoms with Gasteiger partial charge in [0.25, 0.3) is 0 Å². The van der Waals surface area contributed by atoms with Crippen LogP contribution in [0.2, 0.25) is 0 Å². The van der Waals surface area contributed by atoms with E-state index in [0.717, 1.165) is 6.42 Å². The molecule has 0 aliphatic heterocycles. The third-order valence-electron chi connectivity index (χ3n) is 4.01. The van der Waals surface area contributed by atoms with E-state index in [4.69, 9.17) is 5.11 Å². The molecule has 0 aliphatic rings. The van der Waals surface area contributed by atoms with Crippen LogP contribution in [-0.4, -0.2) is 11.7 Å². The van der Waals surface area contributed by atoms with Gasteiger partial charge in [-0.3, -0.25) is 0 Å². The topological polar surface area (TPSA) is 20.2 Å². The third kappa shape index (κ3) is 28.2. The van der Waals surface area contributed by atoms with E-state index in [1.54, 1.807) is 0 Å². The Morgan fingerprint density at radius 2 is 0.636 bits per heavy atom. The molecule has 0 heterocycles. The van der Waals surface area contributed by atoms with Crippen molar-refractivity contribution in [3.63, 3.8) is 0 Å². The lowest BCUT2D eigenvalue weighted by molar-refractivity contribution is 0.282. The van der Waals surface area contributed by atoms with Crippen molar-refractivity contribution >= 4 is 0 Å². The van der Waals surface area contributed by atoms with Gasteiger partial charge in [-0.15, -0.1) is 0 Å². The zero-order valence-corrected chi connectivity index (χ0v) is 16.2. The number of aliphatic hydroxyl groups excluding tert-OH is 1. The fourth-order valence-corrected chi connectivity index (χ4v) is 2.66. The predicted molar refractivity (Wildman–Crippen MR) is 103 cm³/mol. The molecular weight excluding hydrogens is 268 g/mol. The average molecular weight is 315 g/mol. The Morgan fingerprint density at radius 3 is 0.864 bits per heavy atom. The van der Waals surface area contributed by atoms with Crippen LogP contribution in [0, 0.1) is 0 Å². The first-order valence-electron chi connectivity index (χ1n) is 10.4. The van der Waals surface area contributed by atoms with Crippen LogP contribution >= 0.6 is 0 Å². The molecule has 0 saturated carbocycles. The standard InChI is InChI=1S/C18H38O.C3H8/c1-2-3-4-5-6-7-8-9-10-11-12-13-14-15-16-17-18-19;1-3-2/h19H,2-18H2,1H3;3H2,1-2H3. The van der Waals surface area contributed by atoms with Crippen LogP contribution in [-0.2, 0) is 0 Å². The molecule has 0 unspecified atom stereocenters. The van der Waals surface area contributed by atoms with E-state index in [1.807, 2.05) is 0 Å². The Kier molecular flexibility index (Phi) is 28.5. The highest BCUT2D eigenvalue weighted by atomic mass is 16.2. The van der Waals surface area contributed by atoms with E-state index in [0.29, 0.717) is 6.61 Å². The van der Waals surface area contributed by atoms with Gasteiger partial charge in [0.15, 0.2) is 0 Å². The number of aliphatic hydroxyl groups is 1. The average Bonchev–Trinajstić information content (AvgIpc) is 2.52. The number of hydrogen-bond acceptors (Lipinski definition) is 1. The van der Waals surface area contributed by atoms with Gasteiger partial charge in [-0.25, -0.2) is 0 Å². The Hall–Kier alpha value is -0.0400. The van der Waals surface area contributed by atoms with Gasteiger partial charge in [0.1, 0.15) is 0 Å². The molecule has 1 N–H and O–H groups in total. The quantitative estimate of drug-likeness (QED) is 0.290. The molecule has 0 bridgehead atoms. The van der Waals surface area contributed by atoms with Gasteiger partial charge in [0.2, 0.25) is 0 Å². The van der Waals surface area contributed by atoms with E-state index in [-0.39, 0.29) is 0 Å². The number of hydrogen-bond donors (Lipinski definition) is 1. The largest absolute Gasteiger partial charge is 0.396 e. The lowest BCUT2D eigenvalue weighted by Crippen LogP contribution is -1.85. The smallest absolute Gasteiger partial charge is 0.0431 e. The number of rotatable bonds is 16. The van der Waals surface area contributed by atoms with Crippen molar-refractivity contribution in [2.45, 2.75) is 130 Å². The van der Waals surface area contributed by atoms with Crippen LogP contribution in [0.15, 0.2) is 0 Å². The van der Waals surface area contributed by atoms with Crippen molar-refractivity contribution in [2.75, 3.05) is 6.61 Å². The maximum atomic E-state index is 8.67. The lowest BCUT2D eigenvalue weighted by atomic mass is 10.0. The van der Waals surface area contributed by atoms with Gasteiger partial charge in [0.05, 0.1) is 0 Å². The fourth-order valence-electron chi connectivity index (χ4n) is 2.66. The zero-order chi connectivity index (χ0) is 16.7. The van der Waals surface area contributed by atoms with Crippen molar-refractivity contribution in [3.05, 3.63) is 0 Å². The lowest BCUT2D eigenvalue weighted by Gasteiger charge is -2.03.